The van der Waals surface area contributed by atoms with Gasteiger partial charge < -0.3 is 15.0 Å². The summed E-state index contributed by atoms with van der Waals surface area (Å²) in [5.74, 6) is 0.623. The highest BCUT2D eigenvalue weighted by atomic mass is 16.5. The molecule has 3 heterocycles. The van der Waals surface area contributed by atoms with Crippen molar-refractivity contribution in [2.24, 2.45) is 0 Å². The summed E-state index contributed by atoms with van der Waals surface area (Å²) in [7, 11) is 0. The Morgan fingerprint density at radius 2 is 1.81 bits per heavy atom. The van der Waals surface area contributed by atoms with E-state index in [1.54, 1.807) is 18.3 Å². The molecule has 5 rings (SSSR count). The first-order valence-corrected chi connectivity index (χ1v) is 12.5. The van der Waals surface area contributed by atoms with E-state index in [-0.39, 0.29) is 5.91 Å². The number of aromatic nitrogens is 2. The Hall–Kier alpha value is -3.80. The molecule has 2 aliphatic rings. The monoisotopic (exact) mass is 482 g/mol. The van der Waals surface area contributed by atoms with Gasteiger partial charge in [-0.1, -0.05) is 18.2 Å². The smallest absolute Gasteiger partial charge is 0.238 e. The van der Waals surface area contributed by atoms with E-state index >= 15 is 0 Å². The number of ether oxygens (including phenoxy) is 1. The second kappa shape index (κ2) is 11.3. The molecule has 8 nitrogen and oxygen atoms in total. The first-order valence-electron chi connectivity index (χ1n) is 12.5. The lowest BCUT2D eigenvalue weighted by molar-refractivity contribution is -0.117. The lowest BCUT2D eigenvalue weighted by atomic mass is 10.1. The molecule has 0 radical (unpaired) electrons. The van der Waals surface area contributed by atoms with Gasteiger partial charge >= 0.3 is 0 Å². The zero-order valence-electron chi connectivity index (χ0n) is 20.3. The van der Waals surface area contributed by atoms with Crippen molar-refractivity contribution in [2.45, 2.75) is 19.3 Å². The maximum atomic E-state index is 12.4. The molecule has 0 spiro atoms. The van der Waals surface area contributed by atoms with Crippen molar-refractivity contribution < 1.29 is 9.53 Å². The minimum atomic E-state index is -0.0925. The van der Waals surface area contributed by atoms with Gasteiger partial charge in [-0.05, 0) is 61.8 Å². The van der Waals surface area contributed by atoms with Gasteiger partial charge in [-0.25, -0.2) is 9.97 Å². The Morgan fingerprint density at radius 3 is 2.56 bits per heavy atom. The molecular weight excluding hydrogens is 452 g/mol. The number of amides is 1. The SMILES string of the molecule is N#Cc1cc(-c2ccnc(Cc3ccc(N4CCOCC4)cc3)n2)ccc1NC(=O)CN1CCCC1. The van der Waals surface area contributed by atoms with Crippen LogP contribution in [-0.4, -0.2) is 66.7 Å². The minimum absolute atomic E-state index is 0.0925. The molecule has 3 aromatic rings. The lowest BCUT2D eigenvalue weighted by Crippen LogP contribution is -2.36. The van der Waals surface area contributed by atoms with E-state index in [0.29, 0.717) is 30.0 Å². The van der Waals surface area contributed by atoms with Crippen LogP contribution in [0.25, 0.3) is 11.3 Å². The molecule has 1 amide bonds. The van der Waals surface area contributed by atoms with Crippen molar-refractivity contribution in [3.05, 3.63) is 71.7 Å². The van der Waals surface area contributed by atoms with Crippen molar-refractivity contribution in [3.8, 4) is 17.3 Å². The van der Waals surface area contributed by atoms with Crippen molar-refractivity contribution in [1.82, 2.24) is 14.9 Å². The molecule has 0 saturated carbocycles. The van der Waals surface area contributed by atoms with Crippen LogP contribution in [0.2, 0.25) is 0 Å². The summed E-state index contributed by atoms with van der Waals surface area (Å²) in [5, 5.41) is 12.6. The van der Waals surface area contributed by atoms with Crippen LogP contribution in [0.5, 0.6) is 0 Å². The second-order valence-corrected chi connectivity index (χ2v) is 9.20. The summed E-state index contributed by atoms with van der Waals surface area (Å²) in [6.45, 7) is 5.61. The van der Waals surface area contributed by atoms with Crippen LogP contribution in [0.1, 0.15) is 29.8 Å². The van der Waals surface area contributed by atoms with E-state index in [9.17, 15) is 10.1 Å². The van der Waals surface area contributed by atoms with Crippen LogP contribution in [-0.2, 0) is 16.0 Å². The van der Waals surface area contributed by atoms with Crippen molar-refractivity contribution in [1.29, 1.82) is 5.26 Å². The first kappa shape index (κ1) is 23.9. The summed E-state index contributed by atoms with van der Waals surface area (Å²) in [6.07, 6.45) is 4.63. The molecule has 8 heteroatoms. The molecule has 36 heavy (non-hydrogen) atoms. The number of nitrogens with one attached hydrogen (secondary N) is 1. The maximum Gasteiger partial charge on any atom is 0.238 e. The molecule has 1 aromatic heterocycles. The molecule has 1 N–H and O–H groups in total. The Bertz CT molecular complexity index is 1240. The number of carbonyl (C=O) groups is 1. The number of morpholine rings is 1. The fourth-order valence-corrected chi connectivity index (χ4v) is 4.71. The van der Waals surface area contributed by atoms with E-state index in [0.717, 1.165) is 69.1 Å². The van der Waals surface area contributed by atoms with Crippen LogP contribution in [0.15, 0.2) is 54.7 Å². The molecule has 2 saturated heterocycles. The average molecular weight is 483 g/mol. The number of likely N-dealkylation sites (tertiary alicyclic amines) is 1. The fraction of sp³-hybridized carbons (Fsp3) is 0.357. The normalized spacial score (nSPS) is 16.0. The largest absolute Gasteiger partial charge is 0.378 e. The van der Waals surface area contributed by atoms with Gasteiger partial charge in [-0.15, -0.1) is 0 Å². The number of rotatable bonds is 7. The quantitative estimate of drug-likeness (QED) is 0.551. The summed E-state index contributed by atoms with van der Waals surface area (Å²) < 4.78 is 5.44. The van der Waals surface area contributed by atoms with Gasteiger partial charge in [0, 0.05) is 37.0 Å². The van der Waals surface area contributed by atoms with Crippen molar-refractivity contribution in [2.75, 3.05) is 56.2 Å². The predicted octanol–water partition coefficient (Wildman–Crippen LogP) is 3.48. The number of carbonyl (C=O) groups excluding carboxylic acids is 1. The van der Waals surface area contributed by atoms with E-state index < -0.39 is 0 Å². The fourth-order valence-electron chi connectivity index (χ4n) is 4.71. The molecule has 0 atom stereocenters. The Morgan fingerprint density at radius 1 is 1.03 bits per heavy atom. The van der Waals surface area contributed by atoms with Gasteiger partial charge in [-0.2, -0.15) is 5.26 Å². The highest BCUT2D eigenvalue weighted by Gasteiger charge is 2.17. The molecule has 0 aliphatic carbocycles. The zero-order valence-corrected chi connectivity index (χ0v) is 20.3. The summed E-state index contributed by atoms with van der Waals surface area (Å²) >= 11 is 0. The minimum Gasteiger partial charge on any atom is -0.378 e. The number of anilines is 2. The molecule has 2 fully saturated rings. The number of hydrogen-bond donors (Lipinski definition) is 1. The standard InChI is InChI=1S/C28H30N6O2/c29-19-23-18-22(5-8-25(23)32-28(35)20-33-11-1-2-12-33)26-9-10-30-27(31-26)17-21-3-6-24(7-4-21)34-13-15-36-16-14-34/h3-10,18H,1-2,11-17,20H2,(H,32,35). The van der Waals surface area contributed by atoms with Gasteiger partial charge in [0.1, 0.15) is 11.9 Å². The van der Waals surface area contributed by atoms with E-state index in [4.69, 9.17) is 9.72 Å². The van der Waals surface area contributed by atoms with Crippen LogP contribution in [0.4, 0.5) is 11.4 Å². The van der Waals surface area contributed by atoms with Gasteiger partial charge in [0.15, 0.2) is 0 Å². The molecular formula is C28H30N6O2. The Kier molecular flexibility index (Phi) is 7.50. The second-order valence-electron chi connectivity index (χ2n) is 9.20. The number of nitriles is 1. The predicted molar refractivity (Wildman–Crippen MR) is 139 cm³/mol. The molecule has 0 unspecified atom stereocenters. The highest BCUT2D eigenvalue weighted by molar-refractivity contribution is 5.94. The summed E-state index contributed by atoms with van der Waals surface area (Å²) in [4.78, 5) is 26.1. The average Bonchev–Trinajstić information content (AvgIpc) is 3.43. The number of nitrogens with zero attached hydrogens (tertiary/aromatic N) is 5. The number of benzene rings is 2. The molecule has 2 aliphatic heterocycles. The Labute approximate surface area is 211 Å². The molecule has 2 aromatic carbocycles. The van der Waals surface area contributed by atoms with Gasteiger partial charge in [0.05, 0.1) is 36.7 Å². The third-order valence-corrected chi connectivity index (χ3v) is 6.66. The maximum absolute atomic E-state index is 12.4. The molecule has 0 bridgehead atoms. The van der Waals surface area contributed by atoms with Crippen LogP contribution >= 0.6 is 0 Å². The van der Waals surface area contributed by atoms with Crippen LogP contribution in [0, 0.1) is 11.3 Å². The third kappa shape index (κ3) is 5.88. The molecule has 184 valence electrons. The third-order valence-electron chi connectivity index (χ3n) is 6.66. The van der Waals surface area contributed by atoms with E-state index in [1.165, 1.54) is 5.69 Å². The topological polar surface area (TPSA) is 94.4 Å². The Balaban J connectivity index is 1.26. The lowest BCUT2D eigenvalue weighted by Gasteiger charge is -2.28. The van der Waals surface area contributed by atoms with Crippen molar-refractivity contribution in [3.63, 3.8) is 0 Å². The van der Waals surface area contributed by atoms with Gasteiger partial charge in [0.25, 0.3) is 0 Å². The van der Waals surface area contributed by atoms with Crippen LogP contribution < -0.4 is 10.2 Å². The first-order chi connectivity index (χ1) is 17.7. The number of hydrogen-bond acceptors (Lipinski definition) is 7. The summed E-state index contributed by atoms with van der Waals surface area (Å²) in [6, 6.07) is 18.0. The van der Waals surface area contributed by atoms with Crippen molar-refractivity contribution >= 4 is 17.3 Å². The van der Waals surface area contributed by atoms with Gasteiger partial charge in [0.2, 0.25) is 5.91 Å². The van der Waals surface area contributed by atoms with E-state index in [1.807, 2.05) is 12.1 Å². The van der Waals surface area contributed by atoms with Crippen LogP contribution in [0.3, 0.4) is 0 Å². The highest BCUT2D eigenvalue weighted by Crippen LogP contribution is 2.24. The summed E-state index contributed by atoms with van der Waals surface area (Å²) in [5.41, 5.74) is 4.85. The van der Waals surface area contributed by atoms with E-state index in [2.05, 4.69) is 50.4 Å². The van der Waals surface area contributed by atoms with Gasteiger partial charge in [-0.3, -0.25) is 9.69 Å². The zero-order chi connectivity index (χ0) is 24.7.